The zero-order chi connectivity index (χ0) is 15.4. The monoisotopic (exact) mass is 288 g/mol. The topological polar surface area (TPSA) is 15.3 Å². The highest BCUT2D eigenvalue weighted by molar-refractivity contribution is 5.54. The van der Waals surface area contributed by atoms with Crippen LogP contribution in [-0.4, -0.2) is 19.1 Å². The second kappa shape index (κ2) is 7.31. The molecular formula is C19H32N2. The van der Waals surface area contributed by atoms with Gasteiger partial charge in [0.25, 0.3) is 0 Å². The molecule has 1 aliphatic carbocycles. The summed E-state index contributed by atoms with van der Waals surface area (Å²) in [4.78, 5) is 2.56. The molecule has 118 valence electrons. The lowest BCUT2D eigenvalue weighted by Gasteiger charge is -2.30. The molecule has 0 atom stereocenters. The molecule has 0 bridgehead atoms. The minimum absolute atomic E-state index is 0.694. The summed E-state index contributed by atoms with van der Waals surface area (Å²) in [6.45, 7) is 14.8. The minimum Gasteiger partial charge on any atom is -0.371 e. The Labute approximate surface area is 130 Å². The molecule has 21 heavy (non-hydrogen) atoms. The summed E-state index contributed by atoms with van der Waals surface area (Å²) in [6.07, 6.45) is 2.71. The molecule has 2 heteroatoms. The third kappa shape index (κ3) is 5.35. The first-order valence-electron chi connectivity index (χ1n) is 8.53. The van der Waals surface area contributed by atoms with E-state index in [1.165, 1.54) is 29.7 Å². The number of rotatable bonds is 8. The third-order valence-corrected chi connectivity index (χ3v) is 3.95. The highest BCUT2D eigenvalue weighted by atomic mass is 15.1. The number of anilines is 1. The number of hydrogen-bond acceptors (Lipinski definition) is 2. The van der Waals surface area contributed by atoms with Crippen LogP contribution in [0.3, 0.4) is 0 Å². The molecule has 0 aromatic heterocycles. The molecule has 1 saturated carbocycles. The predicted octanol–water partition coefficient (Wildman–Crippen LogP) is 4.37. The van der Waals surface area contributed by atoms with E-state index in [0.717, 1.165) is 25.7 Å². The largest absolute Gasteiger partial charge is 0.371 e. The average Bonchev–Trinajstić information content (AvgIpc) is 3.18. The van der Waals surface area contributed by atoms with Crippen molar-refractivity contribution in [2.75, 3.05) is 18.0 Å². The van der Waals surface area contributed by atoms with Crippen LogP contribution in [0.2, 0.25) is 0 Å². The summed E-state index contributed by atoms with van der Waals surface area (Å²) in [5.41, 5.74) is 4.23. The molecule has 1 aromatic rings. The lowest BCUT2D eigenvalue weighted by Crippen LogP contribution is -2.31. The van der Waals surface area contributed by atoms with Crippen LogP contribution in [0.25, 0.3) is 0 Å². The van der Waals surface area contributed by atoms with Crippen LogP contribution in [0.1, 0.15) is 51.7 Å². The molecule has 0 saturated heterocycles. The van der Waals surface area contributed by atoms with Gasteiger partial charge >= 0.3 is 0 Å². The van der Waals surface area contributed by atoms with Crippen LogP contribution in [0.15, 0.2) is 18.2 Å². The Morgan fingerprint density at radius 3 is 2.19 bits per heavy atom. The number of aryl methyl sites for hydroxylation is 1. The average molecular weight is 288 g/mol. The standard InChI is InChI=1S/C19H32N2/c1-14(2)12-21(13-15(3)4)19-9-6-17(10-16(19)5)11-20-18-7-8-18/h6,9-10,14-15,18,20H,7-8,11-13H2,1-5H3. The molecule has 1 fully saturated rings. The summed E-state index contributed by atoms with van der Waals surface area (Å²) >= 11 is 0. The lowest BCUT2D eigenvalue weighted by atomic mass is 10.1. The SMILES string of the molecule is Cc1cc(CNC2CC2)ccc1N(CC(C)C)CC(C)C. The first kappa shape index (κ1) is 16.4. The van der Waals surface area contributed by atoms with E-state index in [4.69, 9.17) is 0 Å². The summed E-state index contributed by atoms with van der Waals surface area (Å²) in [7, 11) is 0. The molecule has 0 unspecified atom stereocenters. The van der Waals surface area contributed by atoms with E-state index in [-0.39, 0.29) is 0 Å². The van der Waals surface area contributed by atoms with Crippen molar-refractivity contribution in [2.45, 2.75) is 60.0 Å². The molecular weight excluding hydrogens is 256 g/mol. The number of hydrogen-bond donors (Lipinski definition) is 1. The molecule has 0 amide bonds. The number of nitrogens with zero attached hydrogens (tertiary/aromatic N) is 1. The Morgan fingerprint density at radius 1 is 1.10 bits per heavy atom. The van der Waals surface area contributed by atoms with Gasteiger partial charge in [0.2, 0.25) is 0 Å². The van der Waals surface area contributed by atoms with Crippen LogP contribution < -0.4 is 10.2 Å². The van der Waals surface area contributed by atoms with Gasteiger partial charge in [-0.15, -0.1) is 0 Å². The fraction of sp³-hybridized carbons (Fsp3) is 0.684. The molecule has 1 aliphatic rings. The maximum absolute atomic E-state index is 3.60. The van der Waals surface area contributed by atoms with Gasteiger partial charge in [0.15, 0.2) is 0 Å². The van der Waals surface area contributed by atoms with Gasteiger partial charge in [-0.1, -0.05) is 39.8 Å². The Bertz CT molecular complexity index is 437. The molecule has 2 rings (SSSR count). The Balaban J connectivity index is 2.07. The Kier molecular flexibility index (Phi) is 5.69. The maximum atomic E-state index is 3.60. The fourth-order valence-electron chi connectivity index (χ4n) is 2.88. The van der Waals surface area contributed by atoms with E-state index in [2.05, 4.69) is 63.0 Å². The van der Waals surface area contributed by atoms with Gasteiger partial charge < -0.3 is 10.2 Å². The molecule has 0 radical (unpaired) electrons. The van der Waals surface area contributed by atoms with Gasteiger partial charge in [-0.25, -0.2) is 0 Å². The summed E-state index contributed by atoms with van der Waals surface area (Å²) in [5, 5.41) is 3.60. The van der Waals surface area contributed by atoms with Crippen LogP contribution in [-0.2, 0) is 6.54 Å². The first-order valence-corrected chi connectivity index (χ1v) is 8.53. The number of benzene rings is 1. The predicted molar refractivity (Wildman–Crippen MR) is 92.9 cm³/mol. The highest BCUT2D eigenvalue weighted by Gasteiger charge is 2.20. The Morgan fingerprint density at radius 2 is 1.71 bits per heavy atom. The van der Waals surface area contributed by atoms with Gasteiger partial charge in [-0.05, 0) is 48.8 Å². The van der Waals surface area contributed by atoms with Crippen molar-refractivity contribution < 1.29 is 0 Å². The summed E-state index contributed by atoms with van der Waals surface area (Å²) in [5.74, 6) is 1.39. The lowest BCUT2D eigenvalue weighted by molar-refractivity contribution is 0.552. The number of nitrogens with one attached hydrogen (secondary N) is 1. The highest BCUT2D eigenvalue weighted by Crippen LogP contribution is 2.24. The fourth-order valence-corrected chi connectivity index (χ4v) is 2.88. The van der Waals surface area contributed by atoms with Crippen LogP contribution in [0, 0.1) is 18.8 Å². The molecule has 1 aromatic carbocycles. The quantitative estimate of drug-likeness (QED) is 0.764. The molecule has 0 aliphatic heterocycles. The van der Waals surface area contributed by atoms with E-state index < -0.39 is 0 Å². The van der Waals surface area contributed by atoms with Crippen molar-refractivity contribution in [1.82, 2.24) is 5.32 Å². The summed E-state index contributed by atoms with van der Waals surface area (Å²) < 4.78 is 0. The van der Waals surface area contributed by atoms with E-state index in [1.807, 2.05) is 0 Å². The van der Waals surface area contributed by atoms with Crippen LogP contribution in [0.5, 0.6) is 0 Å². The van der Waals surface area contributed by atoms with Crippen LogP contribution >= 0.6 is 0 Å². The van der Waals surface area contributed by atoms with E-state index in [9.17, 15) is 0 Å². The maximum Gasteiger partial charge on any atom is 0.0396 e. The van der Waals surface area contributed by atoms with Crippen molar-refractivity contribution in [3.05, 3.63) is 29.3 Å². The van der Waals surface area contributed by atoms with E-state index in [0.29, 0.717) is 11.8 Å². The molecule has 2 nitrogen and oxygen atoms in total. The van der Waals surface area contributed by atoms with E-state index in [1.54, 1.807) is 0 Å². The van der Waals surface area contributed by atoms with Gasteiger partial charge in [0, 0.05) is 31.4 Å². The van der Waals surface area contributed by atoms with Gasteiger partial charge in [-0.3, -0.25) is 0 Å². The second-order valence-electron chi connectivity index (χ2n) is 7.47. The Hall–Kier alpha value is -1.02. The van der Waals surface area contributed by atoms with Gasteiger partial charge in [-0.2, -0.15) is 0 Å². The van der Waals surface area contributed by atoms with Gasteiger partial charge in [0.05, 0.1) is 0 Å². The van der Waals surface area contributed by atoms with Crippen molar-refractivity contribution in [3.8, 4) is 0 Å². The molecule has 0 spiro atoms. The zero-order valence-electron chi connectivity index (χ0n) is 14.4. The zero-order valence-corrected chi connectivity index (χ0v) is 14.4. The third-order valence-electron chi connectivity index (χ3n) is 3.95. The van der Waals surface area contributed by atoms with Crippen molar-refractivity contribution in [3.63, 3.8) is 0 Å². The van der Waals surface area contributed by atoms with Crippen LogP contribution in [0.4, 0.5) is 5.69 Å². The first-order chi connectivity index (χ1) is 9.95. The van der Waals surface area contributed by atoms with Crippen molar-refractivity contribution in [2.24, 2.45) is 11.8 Å². The van der Waals surface area contributed by atoms with Crippen molar-refractivity contribution >= 4 is 5.69 Å². The normalized spacial score (nSPS) is 15.0. The second-order valence-corrected chi connectivity index (χ2v) is 7.47. The smallest absolute Gasteiger partial charge is 0.0396 e. The molecule has 1 N–H and O–H groups in total. The molecule has 0 heterocycles. The van der Waals surface area contributed by atoms with Crippen molar-refractivity contribution in [1.29, 1.82) is 0 Å². The minimum atomic E-state index is 0.694. The van der Waals surface area contributed by atoms with Gasteiger partial charge in [0.1, 0.15) is 0 Å². The summed E-state index contributed by atoms with van der Waals surface area (Å²) in [6, 6.07) is 7.76. The van der Waals surface area contributed by atoms with E-state index >= 15 is 0 Å².